The van der Waals surface area contributed by atoms with Crippen molar-refractivity contribution in [2.24, 2.45) is 0 Å². The van der Waals surface area contributed by atoms with Crippen LogP contribution >= 0.6 is 11.8 Å². The van der Waals surface area contributed by atoms with E-state index in [1.165, 1.54) is 18.9 Å². The maximum Gasteiger partial charge on any atom is 0.306 e. The van der Waals surface area contributed by atoms with Crippen molar-refractivity contribution in [1.29, 1.82) is 0 Å². The molecule has 0 heterocycles. The van der Waals surface area contributed by atoms with Crippen molar-refractivity contribution in [2.75, 3.05) is 12.9 Å². The molecule has 0 aliphatic rings. The lowest BCUT2D eigenvalue weighted by Gasteiger charge is -2.20. The molecule has 0 atom stereocenters. The van der Waals surface area contributed by atoms with Crippen LogP contribution in [0.3, 0.4) is 0 Å². The van der Waals surface area contributed by atoms with Gasteiger partial charge in [-0.2, -0.15) is 0 Å². The smallest absolute Gasteiger partial charge is 0.306 e. The number of thioether (sulfide) groups is 1. The molecule has 1 N–H and O–H groups in total. The molecule has 5 heteroatoms. The van der Waals surface area contributed by atoms with Gasteiger partial charge in [-0.1, -0.05) is 6.07 Å². The number of carbonyl (C=O) groups is 1. The van der Waals surface area contributed by atoms with Crippen LogP contribution in [0.4, 0.5) is 4.39 Å². The minimum Gasteiger partial charge on any atom is -0.469 e. The standard InChI is InChI=1S/C15H22FNO2S/c1-15(2,3)17-10-11-5-6-13(12(16)9-11)20-8-7-14(18)19-4/h5-6,9,17H,7-8,10H2,1-4H3. The molecule has 0 spiro atoms. The fourth-order valence-corrected chi connectivity index (χ4v) is 2.33. The Bertz CT molecular complexity index is 458. The van der Waals surface area contributed by atoms with Crippen LogP contribution in [0.15, 0.2) is 23.1 Å². The maximum absolute atomic E-state index is 13.9. The molecule has 20 heavy (non-hydrogen) atoms. The third-order valence-corrected chi connectivity index (χ3v) is 3.66. The Morgan fingerprint density at radius 3 is 2.65 bits per heavy atom. The molecule has 0 fully saturated rings. The van der Waals surface area contributed by atoms with Gasteiger partial charge in [-0.3, -0.25) is 4.79 Å². The molecule has 0 aliphatic carbocycles. The largest absolute Gasteiger partial charge is 0.469 e. The zero-order valence-electron chi connectivity index (χ0n) is 12.5. The van der Waals surface area contributed by atoms with Crippen molar-refractivity contribution in [3.63, 3.8) is 0 Å². The van der Waals surface area contributed by atoms with Gasteiger partial charge in [0.1, 0.15) is 5.82 Å². The molecule has 0 aromatic heterocycles. The van der Waals surface area contributed by atoms with Crippen LogP contribution in [0.1, 0.15) is 32.8 Å². The third-order valence-electron chi connectivity index (χ3n) is 2.61. The predicted molar refractivity (Wildman–Crippen MR) is 80.3 cm³/mol. The molecule has 0 aliphatic heterocycles. The molecule has 1 aromatic rings. The molecular weight excluding hydrogens is 277 g/mol. The van der Waals surface area contributed by atoms with E-state index in [0.29, 0.717) is 17.2 Å². The van der Waals surface area contributed by atoms with Gasteiger partial charge < -0.3 is 10.1 Å². The van der Waals surface area contributed by atoms with E-state index in [9.17, 15) is 9.18 Å². The number of benzene rings is 1. The van der Waals surface area contributed by atoms with Crippen LogP contribution in [-0.2, 0) is 16.1 Å². The van der Waals surface area contributed by atoms with Crippen molar-refractivity contribution >= 4 is 17.7 Å². The second-order valence-electron chi connectivity index (χ2n) is 5.54. The first-order chi connectivity index (χ1) is 9.31. The summed E-state index contributed by atoms with van der Waals surface area (Å²) in [5.41, 5.74) is 0.916. The molecule has 1 aromatic carbocycles. The second-order valence-corrected chi connectivity index (χ2v) is 6.68. The Morgan fingerprint density at radius 1 is 1.40 bits per heavy atom. The maximum atomic E-state index is 13.9. The lowest BCUT2D eigenvalue weighted by atomic mass is 10.1. The van der Waals surface area contributed by atoms with Gasteiger partial charge >= 0.3 is 5.97 Å². The fourth-order valence-electron chi connectivity index (χ4n) is 1.48. The number of ether oxygens (including phenoxy) is 1. The van der Waals surface area contributed by atoms with Gasteiger partial charge in [0.15, 0.2) is 0 Å². The van der Waals surface area contributed by atoms with Gasteiger partial charge in [-0.05, 0) is 38.5 Å². The zero-order valence-corrected chi connectivity index (χ0v) is 13.3. The van der Waals surface area contributed by atoms with Crippen LogP contribution in [0, 0.1) is 5.82 Å². The topological polar surface area (TPSA) is 38.3 Å². The van der Waals surface area contributed by atoms with E-state index in [2.05, 4.69) is 30.8 Å². The minimum atomic E-state index is -0.274. The van der Waals surface area contributed by atoms with Crippen LogP contribution in [0.5, 0.6) is 0 Å². The van der Waals surface area contributed by atoms with E-state index in [0.717, 1.165) is 5.56 Å². The van der Waals surface area contributed by atoms with Crippen molar-refractivity contribution < 1.29 is 13.9 Å². The van der Waals surface area contributed by atoms with Crippen molar-refractivity contribution in [2.45, 2.75) is 44.2 Å². The fraction of sp³-hybridized carbons (Fsp3) is 0.533. The molecule has 0 saturated carbocycles. The van der Waals surface area contributed by atoms with E-state index < -0.39 is 0 Å². The van der Waals surface area contributed by atoms with E-state index in [1.807, 2.05) is 6.07 Å². The molecule has 0 amide bonds. The number of nitrogens with one attached hydrogen (secondary N) is 1. The third kappa shape index (κ3) is 6.39. The summed E-state index contributed by atoms with van der Waals surface area (Å²) in [7, 11) is 1.35. The SMILES string of the molecule is COC(=O)CCSc1ccc(CNC(C)(C)C)cc1F. The van der Waals surface area contributed by atoms with E-state index in [-0.39, 0.29) is 23.7 Å². The molecule has 3 nitrogen and oxygen atoms in total. The van der Waals surface area contributed by atoms with Gasteiger partial charge in [0.05, 0.1) is 13.5 Å². The summed E-state index contributed by atoms with van der Waals surface area (Å²) in [5.74, 6) is 0.000360. The van der Waals surface area contributed by atoms with E-state index in [1.54, 1.807) is 12.1 Å². The first kappa shape index (κ1) is 17.0. The normalized spacial score (nSPS) is 11.4. The highest BCUT2D eigenvalue weighted by atomic mass is 32.2. The Morgan fingerprint density at radius 2 is 2.10 bits per heavy atom. The van der Waals surface area contributed by atoms with Crippen LogP contribution in [0.25, 0.3) is 0 Å². The van der Waals surface area contributed by atoms with Gasteiger partial charge in [0, 0.05) is 22.7 Å². The quantitative estimate of drug-likeness (QED) is 0.645. The molecule has 0 unspecified atom stereocenters. The Kier molecular flexibility index (Phi) is 6.49. The van der Waals surface area contributed by atoms with Crippen LogP contribution in [-0.4, -0.2) is 24.4 Å². The average Bonchev–Trinajstić information content (AvgIpc) is 2.37. The van der Waals surface area contributed by atoms with Gasteiger partial charge in [-0.15, -0.1) is 11.8 Å². The van der Waals surface area contributed by atoms with Gasteiger partial charge in [-0.25, -0.2) is 4.39 Å². The number of esters is 1. The summed E-state index contributed by atoms with van der Waals surface area (Å²) in [4.78, 5) is 11.5. The van der Waals surface area contributed by atoms with Crippen molar-refractivity contribution in [1.82, 2.24) is 5.32 Å². The number of hydrogen-bond acceptors (Lipinski definition) is 4. The summed E-state index contributed by atoms with van der Waals surface area (Å²) in [5, 5.41) is 3.32. The summed E-state index contributed by atoms with van der Waals surface area (Å²) < 4.78 is 18.5. The predicted octanol–water partition coefficient (Wildman–Crippen LogP) is 3.37. The molecule has 112 valence electrons. The average molecular weight is 299 g/mol. The molecular formula is C15H22FNO2S. The highest BCUT2D eigenvalue weighted by Gasteiger charge is 2.10. The van der Waals surface area contributed by atoms with Crippen molar-refractivity contribution in [3.8, 4) is 0 Å². The highest BCUT2D eigenvalue weighted by Crippen LogP contribution is 2.23. The monoisotopic (exact) mass is 299 g/mol. The summed E-state index contributed by atoms with van der Waals surface area (Å²) in [6.07, 6.45) is 0.286. The van der Waals surface area contributed by atoms with Crippen molar-refractivity contribution in [3.05, 3.63) is 29.6 Å². The Balaban J connectivity index is 2.53. The summed E-state index contributed by atoms with van der Waals surface area (Å²) >= 11 is 1.33. The number of hydrogen-bond donors (Lipinski definition) is 1. The lowest BCUT2D eigenvalue weighted by Crippen LogP contribution is -2.35. The number of halogens is 1. The first-order valence-corrected chi connectivity index (χ1v) is 7.53. The second kappa shape index (κ2) is 7.64. The minimum absolute atomic E-state index is 0.00438. The van der Waals surface area contributed by atoms with Crippen LogP contribution in [0.2, 0.25) is 0 Å². The molecule has 0 saturated heterocycles. The van der Waals surface area contributed by atoms with E-state index >= 15 is 0 Å². The van der Waals surface area contributed by atoms with Crippen LogP contribution < -0.4 is 5.32 Å². The summed E-state index contributed by atoms with van der Waals surface area (Å²) in [6, 6.07) is 5.21. The number of carbonyl (C=O) groups excluding carboxylic acids is 1. The highest BCUT2D eigenvalue weighted by molar-refractivity contribution is 7.99. The Labute approximate surface area is 124 Å². The molecule has 1 rings (SSSR count). The summed E-state index contributed by atoms with van der Waals surface area (Å²) in [6.45, 7) is 6.84. The zero-order chi connectivity index (χ0) is 15.2. The lowest BCUT2D eigenvalue weighted by molar-refractivity contribution is -0.140. The number of rotatable bonds is 6. The molecule has 0 bridgehead atoms. The number of methoxy groups -OCH3 is 1. The van der Waals surface area contributed by atoms with Gasteiger partial charge in [0.25, 0.3) is 0 Å². The van der Waals surface area contributed by atoms with E-state index in [4.69, 9.17) is 0 Å². The van der Waals surface area contributed by atoms with Gasteiger partial charge in [0.2, 0.25) is 0 Å². The first-order valence-electron chi connectivity index (χ1n) is 6.55. The molecule has 0 radical (unpaired) electrons. The Hall–Kier alpha value is -1.07.